The summed E-state index contributed by atoms with van der Waals surface area (Å²) in [5, 5.41) is 7.23. The molecule has 1 N–H and O–H groups in total. The Morgan fingerprint density at radius 3 is 2.88 bits per heavy atom. The molecule has 0 atom stereocenters. The molecule has 0 fully saturated rings. The van der Waals surface area contributed by atoms with Gasteiger partial charge in [-0.05, 0) is 45.1 Å². The molecule has 0 saturated heterocycles. The van der Waals surface area contributed by atoms with Gasteiger partial charge in [0, 0.05) is 6.07 Å². The van der Waals surface area contributed by atoms with Crippen LogP contribution in [0.15, 0.2) is 10.9 Å². The maximum absolute atomic E-state index is 12.3. The molecule has 0 radical (unpaired) electrons. The zero-order chi connectivity index (χ0) is 18.7. The van der Waals surface area contributed by atoms with Crippen molar-refractivity contribution in [2.45, 2.75) is 46.1 Å². The summed E-state index contributed by atoms with van der Waals surface area (Å²) in [4.78, 5) is 40.7. The lowest BCUT2D eigenvalue weighted by Crippen LogP contribution is -2.31. The Kier molecular flexibility index (Phi) is 5.46. The predicted octanol–water partition coefficient (Wildman–Crippen LogP) is 1.70. The van der Waals surface area contributed by atoms with Gasteiger partial charge in [0.25, 0.3) is 5.56 Å². The summed E-state index contributed by atoms with van der Waals surface area (Å²) in [5.41, 5.74) is 2.07. The van der Waals surface area contributed by atoms with Crippen molar-refractivity contribution in [1.82, 2.24) is 14.8 Å². The Bertz CT molecular complexity index is 903. The summed E-state index contributed by atoms with van der Waals surface area (Å²) in [6, 6.07) is 1.57. The Labute approximate surface area is 154 Å². The minimum Gasteiger partial charge on any atom is -0.462 e. The van der Waals surface area contributed by atoms with E-state index in [4.69, 9.17) is 4.74 Å². The van der Waals surface area contributed by atoms with Crippen LogP contribution in [-0.2, 0) is 28.9 Å². The Hall–Kier alpha value is -2.55. The first-order valence-electron chi connectivity index (χ1n) is 8.52. The van der Waals surface area contributed by atoms with Crippen LogP contribution in [0.5, 0.6) is 0 Å². The number of fused-ring (bicyclic) bond motifs is 1. The average Bonchev–Trinajstić information content (AvgIpc) is 2.96. The molecule has 0 saturated carbocycles. The van der Waals surface area contributed by atoms with E-state index in [1.54, 1.807) is 19.9 Å². The molecule has 0 aliphatic heterocycles. The number of hydrogen-bond acceptors (Lipinski definition) is 7. The zero-order valence-corrected chi connectivity index (χ0v) is 15.5. The maximum atomic E-state index is 12.3. The maximum Gasteiger partial charge on any atom is 0.350 e. The minimum atomic E-state index is -0.462. The molecular formula is C17H20N4O4S. The molecular weight excluding hydrogens is 356 g/mol. The standard InChI is InChI=1S/C17H20N4O4S/c1-3-25-16(24)15-10(2)18-17(26-15)19-13(22)9-21-14(23)8-11-6-4-5-7-12(11)20-21/h8H,3-7,9H2,1-2H3,(H,18,19,22). The number of aromatic nitrogens is 3. The van der Waals surface area contributed by atoms with E-state index in [0.29, 0.717) is 15.7 Å². The number of esters is 1. The van der Waals surface area contributed by atoms with Gasteiger partial charge >= 0.3 is 5.97 Å². The Morgan fingerprint density at radius 2 is 2.12 bits per heavy atom. The summed E-state index contributed by atoms with van der Waals surface area (Å²) in [6.45, 7) is 3.47. The molecule has 1 aliphatic rings. The third-order valence-corrected chi connectivity index (χ3v) is 5.12. The first kappa shape index (κ1) is 18.2. The molecule has 2 aromatic heterocycles. The zero-order valence-electron chi connectivity index (χ0n) is 14.7. The van der Waals surface area contributed by atoms with Crippen molar-refractivity contribution in [2.24, 2.45) is 0 Å². The first-order valence-corrected chi connectivity index (χ1v) is 9.34. The first-order chi connectivity index (χ1) is 12.5. The van der Waals surface area contributed by atoms with Gasteiger partial charge in [-0.25, -0.2) is 14.5 Å². The van der Waals surface area contributed by atoms with Gasteiger partial charge in [-0.2, -0.15) is 5.10 Å². The molecule has 26 heavy (non-hydrogen) atoms. The van der Waals surface area contributed by atoms with Crippen LogP contribution in [-0.4, -0.2) is 33.2 Å². The van der Waals surface area contributed by atoms with Crippen LogP contribution in [0.3, 0.4) is 0 Å². The van der Waals surface area contributed by atoms with Crippen LogP contribution in [0.1, 0.15) is 46.4 Å². The van der Waals surface area contributed by atoms with Gasteiger partial charge in [-0.3, -0.25) is 9.59 Å². The number of ether oxygens (including phenoxy) is 1. The van der Waals surface area contributed by atoms with Gasteiger partial charge in [0.15, 0.2) is 5.13 Å². The number of rotatable bonds is 5. The van der Waals surface area contributed by atoms with E-state index in [0.717, 1.165) is 48.3 Å². The Morgan fingerprint density at radius 1 is 1.35 bits per heavy atom. The van der Waals surface area contributed by atoms with E-state index in [1.807, 2.05) is 0 Å². The summed E-state index contributed by atoms with van der Waals surface area (Å²) in [7, 11) is 0. The van der Waals surface area contributed by atoms with Crippen molar-refractivity contribution in [3.8, 4) is 0 Å². The third kappa shape index (κ3) is 3.98. The number of hydrogen-bond donors (Lipinski definition) is 1. The smallest absolute Gasteiger partial charge is 0.350 e. The number of anilines is 1. The third-order valence-electron chi connectivity index (χ3n) is 4.07. The molecule has 1 amide bonds. The van der Waals surface area contributed by atoms with Crippen LogP contribution in [0.4, 0.5) is 5.13 Å². The van der Waals surface area contributed by atoms with Gasteiger partial charge in [-0.1, -0.05) is 11.3 Å². The molecule has 138 valence electrons. The lowest BCUT2D eigenvalue weighted by Gasteiger charge is -2.15. The molecule has 0 spiro atoms. The quantitative estimate of drug-likeness (QED) is 0.797. The van der Waals surface area contributed by atoms with Crippen molar-refractivity contribution < 1.29 is 14.3 Å². The van der Waals surface area contributed by atoms with Crippen LogP contribution in [0.25, 0.3) is 0 Å². The van der Waals surface area contributed by atoms with Crippen molar-refractivity contribution in [2.75, 3.05) is 11.9 Å². The van der Waals surface area contributed by atoms with Crippen molar-refractivity contribution in [3.05, 3.63) is 38.2 Å². The van der Waals surface area contributed by atoms with E-state index in [1.165, 1.54) is 4.68 Å². The topological polar surface area (TPSA) is 103 Å². The molecule has 3 rings (SSSR count). The fourth-order valence-corrected chi connectivity index (χ4v) is 3.72. The van der Waals surface area contributed by atoms with E-state index in [9.17, 15) is 14.4 Å². The summed E-state index contributed by atoms with van der Waals surface area (Å²) in [6.07, 6.45) is 3.79. The van der Waals surface area contributed by atoms with Crippen LogP contribution < -0.4 is 10.9 Å². The number of carbonyl (C=O) groups is 2. The fourth-order valence-electron chi connectivity index (χ4n) is 2.85. The minimum absolute atomic E-state index is 0.195. The second kappa shape index (κ2) is 7.77. The number of thiazole rings is 1. The van der Waals surface area contributed by atoms with Crippen LogP contribution >= 0.6 is 11.3 Å². The monoisotopic (exact) mass is 376 g/mol. The Balaban J connectivity index is 1.71. The molecule has 2 aromatic rings. The van der Waals surface area contributed by atoms with E-state index in [-0.39, 0.29) is 18.7 Å². The van der Waals surface area contributed by atoms with E-state index in [2.05, 4.69) is 15.4 Å². The summed E-state index contributed by atoms with van der Waals surface area (Å²) >= 11 is 1.05. The highest BCUT2D eigenvalue weighted by atomic mass is 32.1. The molecule has 0 unspecified atom stereocenters. The number of nitrogens with one attached hydrogen (secondary N) is 1. The SMILES string of the molecule is CCOC(=O)c1sc(NC(=O)Cn2nc3c(cc2=O)CCCC3)nc1C. The second-order valence-corrected chi connectivity index (χ2v) is 7.02. The van der Waals surface area contributed by atoms with E-state index >= 15 is 0 Å². The molecule has 1 aliphatic carbocycles. The van der Waals surface area contributed by atoms with Gasteiger partial charge in [0.1, 0.15) is 11.4 Å². The van der Waals surface area contributed by atoms with Crippen LogP contribution in [0.2, 0.25) is 0 Å². The van der Waals surface area contributed by atoms with Crippen molar-refractivity contribution >= 4 is 28.3 Å². The average molecular weight is 376 g/mol. The van der Waals surface area contributed by atoms with Gasteiger partial charge < -0.3 is 10.1 Å². The largest absolute Gasteiger partial charge is 0.462 e. The highest BCUT2D eigenvalue weighted by molar-refractivity contribution is 7.17. The lowest BCUT2D eigenvalue weighted by atomic mass is 9.97. The molecule has 9 heteroatoms. The second-order valence-electron chi connectivity index (χ2n) is 6.02. The molecule has 2 heterocycles. The summed E-state index contributed by atoms with van der Waals surface area (Å²) < 4.78 is 6.13. The lowest BCUT2D eigenvalue weighted by molar-refractivity contribution is -0.117. The number of nitrogens with zero attached hydrogens (tertiary/aromatic N) is 3. The van der Waals surface area contributed by atoms with Crippen molar-refractivity contribution in [3.63, 3.8) is 0 Å². The van der Waals surface area contributed by atoms with Gasteiger partial charge in [0.2, 0.25) is 5.91 Å². The van der Waals surface area contributed by atoms with Gasteiger partial charge in [0.05, 0.1) is 18.0 Å². The highest BCUT2D eigenvalue weighted by Crippen LogP contribution is 2.23. The number of carbonyl (C=O) groups excluding carboxylic acids is 2. The molecule has 0 aromatic carbocycles. The van der Waals surface area contributed by atoms with Crippen molar-refractivity contribution in [1.29, 1.82) is 0 Å². The summed E-state index contributed by atoms with van der Waals surface area (Å²) in [5.74, 6) is -0.880. The number of aryl methyl sites for hydroxylation is 3. The normalized spacial score (nSPS) is 13.2. The fraction of sp³-hybridized carbons (Fsp3) is 0.471. The van der Waals surface area contributed by atoms with E-state index < -0.39 is 11.9 Å². The predicted molar refractivity (Wildman–Crippen MR) is 96.6 cm³/mol. The van der Waals surface area contributed by atoms with Crippen LogP contribution in [0, 0.1) is 6.92 Å². The molecule has 8 nitrogen and oxygen atoms in total. The molecule has 0 bridgehead atoms. The highest BCUT2D eigenvalue weighted by Gasteiger charge is 2.19. The number of amides is 1. The van der Waals surface area contributed by atoms with Gasteiger partial charge in [-0.15, -0.1) is 0 Å².